The molecule has 2 aromatic rings. The number of hydrogen-bond donors (Lipinski definition) is 1. The van der Waals surface area contributed by atoms with Crippen LogP contribution in [0.5, 0.6) is 0 Å². The SMILES string of the molecule is O=C(COC(=O)C1CCN(C(=O)c2ccco2)CC1)Nc1ccc(N2CCCC2)cc1. The van der Waals surface area contributed by atoms with Crippen LogP contribution >= 0.6 is 0 Å². The quantitative estimate of drug-likeness (QED) is 0.716. The molecule has 2 amide bonds. The summed E-state index contributed by atoms with van der Waals surface area (Å²) < 4.78 is 10.3. The maximum atomic E-state index is 12.3. The first kappa shape index (κ1) is 21.0. The van der Waals surface area contributed by atoms with E-state index < -0.39 is 5.97 Å². The molecule has 4 rings (SSSR count). The zero-order valence-corrected chi connectivity index (χ0v) is 17.4. The third kappa shape index (κ3) is 5.25. The zero-order chi connectivity index (χ0) is 21.6. The topological polar surface area (TPSA) is 92.1 Å². The van der Waals surface area contributed by atoms with Crippen molar-refractivity contribution in [1.29, 1.82) is 0 Å². The highest BCUT2D eigenvalue weighted by molar-refractivity contribution is 5.93. The summed E-state index contributed by atoms with van der Waals surface area (Å²) in [5, 5.41) is 2.76. The van der Waals surface area contributed by atoms with Crippen molar-refractivity contribution in [1.82, 2.24) is 4.90 Å². The molecule has 0 spiro atoms. The number of amides is 2. The highest BCUT2D eigenvalue weighted by Gasteiger charge is 2.30. The van der Waals surface area contributed by atoms with Gasteiger partial charge in [0.05, 0.1) is 12.2 Å². The number of anilines is 2. The molecule has 8 nitrogen and oxygen atoms in total. The predicted octanol–water partition coefficient (Wildman–Crippen LogP) is 2.91. The fourth-order valence-corrected chi connectivity index (χ4v) is 4.06. The summed E-state index contributed by atoms with van der Waals surface area (Å²) in [5.74, 6) is -0.955. The van der Waals surface area contributed by atoms with Gasteiger partial charge in [0.15, 0.2) is 12.4 Å². The molecular formula is C23H27N3O5. The van der Waals surface area contributed by atoms with Gasteiger partial charge in [-0.1, -0.05) is 0 Å². The van der Waals surface area contributed by atoms with E-state index in [1.807, 2.05) is 24.3 Å². The lowest BCUT2D eigenvalue weighted by Crippen LogP contribution is -2.40. The van der Waals surface area contributed by atoms with Crippen molar-refractivity contribution in [3.05, 3.63) is 48.4 Å². The second kappa shape index (κ2) is 9.68. The van der Waals surface area contributed by atoms with Gasteiger partial charge in [0.25, 0.3) is 11.8 Å². The summed E-state index contributed by atoms with van der Waals surface area (Å²) in [6.45, 7) is 2.72. The molecule has 1 aromatic heterocycles. The Labute approximate surface area is 181 Å². The number of rotatable bonds is 6. The smallest absolute Gasteiger partial charge is 0.309 e. The van der Waals surface area contributed by atoms with E-state index in [9.17, 15) is 14.4 Å². The fraction of sp³-hybridized carbons (Fsp3) is 0.435. The Morgan fingerprint density at radius 1 is 1.00 bits per heavy atom. The lowest BCUT2D eigenvalue weighted by molar-refractivity contribution is -0.152. The van der Waals surface area contributed by atoms with Crippen molar-refractivity contribution in [2.45, 2.75) is 25.7 Å². The lowest BCUT2D eigenvalue weighted by Gasteiger charge is -2.30. The van der Waals surface area contributed by atoms with E-state index in [4.69, 9.17) is 9.15 Å². The normalized spacial score (nSPS) is 16.9. The Morgan fingerprint density at radius 3 is 2.35 bits per heavy atom. The van der Waals surface area contributed by atoms with Crippen molar-refractivity contribution in [2.24, 2.45) is 5.92 Å². The van der Waals surface area contributed by atoms with E-state index in [0.717, 1.165) is 18.8 Å². The third-order valence-electron chi connectivity index (χ3n) is 5.82. The number of piperidine rings is 1. The van der Waals surface area contributed by atoms with Gasteiger partial charge in [-0.25, -0.2) is 0 Å². The molecule has 0 unspecified atom stereocenters. The molecule has 3 heterocycles. The first-order chi connectivity index (χ1) is 15.1. The molecule has 2 saturated heterocycles. The molecular weight excluding hydrogens is 398 g/mol. The van der Waals surface area contributed by atoms with Gasteiger partial charge < -0.3 is 24.3 Å². The van der Waals surface area contributed by atoms with E-state index in [-0.39, 0.29) is 24.3 Å². The maximum absolute atomic E-state index is 12.3. The van der Waals surface area contributed by atoms with Gasteiger partial charge in [0.1, 0.15) is 0 Å². The lowest BCUT2D eigenvalue weighted by atomic mass is 9.97. The molecule has 2 fully saturated rings. The molecule has 0 radical (unpaired) electrons. The Morgan fingerprint density at radius 2 is 1.71 bits per heavy atom. The number of carbonyl (C=O) groups excluding carboxylic acids is 3. The molecule has 0 saturated carbocycles. The molecule has 8 heteroatoms. The first-order valence-electron chi connectivity index (χ1n) is 10.7. The highest BCUT2D eigenvalue weighted by atomic mass is 16.5. The van der Waals surface area contributed by atoms with Crippen molar-refractivity contribution < 1.29 is 23.5 Å². The Balaban J connectivity index is 1.18. The molecule has 0 bridgehead atoms. The molecule has 2 aliphatic heterocycles. The summed E-state index contributed by atoms with van der Waals surface area (Å²) in [6.07, 6.45) is 4.90. The van der Waals surface area contributed by atoms with Crippen LogP contribution in [0.3, 0.4) is 0 Å². The summed E-state index contributed by atoms with van der Waals surface area (Å²) in [5.41, 5.74) is 1.83. The molecule has 31 heavy (non-hydrogen) atoms. The molecule has 0 atom stereocenters. The summed E-state index contributed by atoms with van der Waals surface area (Å²) >= 11 is 0. The van der Waals surface area contributed by atoms with Crippen molar-refractivity contribution in [3.63, 3.8) is 0 Å². The zero-order valence-electron chi connectivity index (χ0n) is 17.4. The van der Waals surface area contributed by atoms with Gasteiger partial charge in [-0.3, -0.25) is 14.4 Å². The minimum Gasteiger partial charge on any atom is -0.459 e. The van der Waals surface area contributed by atoms with Gasteiger partial charge in [0.2, 0.25) is 0 Å². The standard InChI is InChI=1S/C23H27N3O5/c27-21(24-18-5-7-19(8-6-18)25-11-1-2-12-25)16-31-23(29)17-9-13-26(14-10-17)22(28)20-4-3-15-30-20/h3-8,15,17H,1-2,9-14,16H2,(H,24,27). The summed E-state index contributed by atoms with van der Waals surface area (Å²) in [7, 11) is 0. The summed E-state index contributed by atoms with van der Waals surface area (Å²) in [6, 6.07) is 11.0. The average Bonchev–Trinajstić information content (AvgIpc) is 3.52. The monoisotopic (exact) mass is 425 g/mol. The van der Waals surface area contributed by atoms with Crippen LogP contribution in [-0.2, 0) is 14.3 Å². The Hall–Kier alpha value is -3.29. The van der Waals surface area contributed by atoms with Crippen LogP contribution in [0.4, 0.5) is 11.4 Å². The predicted molar refractivity (Wildman–Crippen MR) is 115 cm³/mol. The minimum absolute atomic E-state index is 0.174. The number of nitrogens with one attached hydrogen (secondary N) is 1. The first-order valence-corrected chi connectivity index (χ1v) is 10.7. The van der Waals surface area contributed by atoms with Crippen LogP contribution in [0.25, 0.3) is 0 Å². The Kier molecular flexibility index (Phi) is 6.54. The number of furan rings is 1. The number of hydrogen-bond acceptors (Lipinski definition) is 6. The molecule has 164 valence electrons. The Bertz CT molecular complexity index is 896. The van der Waals surface area contributed by atoms with Gasteiger partial charge in [-0.2, -0.15) is 0 Å². The van der Waals surface area contributed by atoms with E-state index >= 15 is 0 Å². The number of ether oxygens (including phenoxy) is 1. The van der Waals surface area contributed by atoms with E-state index in [1.165, 1.54) is 19.1 Å². The minimum atomic E-state index is -0.398. The van der Waals surface area contributed by atoms with Crippen LogP contribution < -0.4 is 10.2 Å². The van der Waals surface area contributed by atoms with E-state index in [1.54, 1.807) is 17.0 Å². The number of carbonyl (C=O) groups is 3. The molecule has 2 aliphatic rings. The highest BCUT2D eigenvalue weighted by Crippen LogP contribution is 2.23. The number of likely N-dealkylation sites (tertiary alicyclic amines) is 1. The number of nitrogens with zero attached hydrogens (tertiary/aromatic N) is 2. The van der Waals surface area contributed by atoms with Crippen LogP contribution in [0, 0.1) is 5.92 Å². The molecule has 0 aliphatic carbocycles. The third-order valence-corrected chi connectivity index (χ3v) is 5.82. The molecule has 1 aromatic carbocycles. The second-order valence-electron chi connectivity index (χ2n) is 7.94. The fourth-order valence-electron chi connectivity index (χ4n) is 4.06. The van der Waals surface area contributed by atoms with Gasteiger partial charge in [-0.15, -0.1) is 0 Å². The van der Waals surface area contributed by atoms with Crippen LogP contribution in [0.15, 0.2) is 47.1 Å². The van der Waals surface area contributed by atoms with Crippen LogP contribution in [-0.4, -0.2) is 55.5 Å². The van der Waals surface area contributed by atoms with Crippen molar-refractivity contribution in [2.75, 3.05) is 43.0 Å². The number of benzene rings is 1. The van der Waals surface area contributed by atoms with Crippen molar-refractivity contribution >= 4 is 29.2 Å². The second-order valence-corrected chi connectivity index (χ2v) is 7.94. The maximum Gasteiger partial charge on any atom is 0.309 e. The van der Waals surface area contributed by atoms with E-state index in [2.05, 4.69) is 10.2 Å². The van der Waals surface area contributed by atoms with E-state index in [0.29, 0.717) is 37.4 Å². The van der Waals surface area contributed by atoms with Crippen molar-refractivity contribution in [3.8, 4) is 0 Å². The molecule has 1 N–H and O–H groups in total. The number of esters is 1. The van der Waals surface area contributed by atoms with Gasteiger partial charge in [0, 0.05) is 37.6 Å². The van der Waals surface area contributed by atoms with Crippen LogP contribution in [0.1, 0.15) is 36.2 Å². The average molecular weight is 425 g/mol. The van der Waals surface area contributed by atoms with Gasteiger partial charge in [-0.05, 0) is 62.1 Å². The summed E-state index contributed by atoms with van der Waals surface area (Å²) in [4.78, 5) is 40.7. The largest absolute Gasteiger partial charge is 0.459 e. The van der Waals surface area contributed by atoms with Gasteiger partial charge >= 0.3 is 5.97 Å². The van der Waals surface area contributed by atoms with Crippen LogP contribution in [0.2, 0.25) is 0 Å².